The highest BCUT2D eigenvalue weighted by molar-refractivity contribution is 7.89. The number of benzene rings is 1. The zero-order valence-corrected chi connectivity index (χ0v) is 14.2. The summed E-state index contributed by atoms with van der Waals surface area (Å²) >= 11 is 1.53. The number of nitrogens with one attached hydrogen (secondary N) is 1. The van der Waals surface area contributed by atoms with Crippen molar-refractivity contribution >= 4 is 39.0 Å². The van der Waals surface area contributed by atoms with Crippen molar-refractivity contribution in [3.8, 4) is 0 Å². The monoisotopic (exact) mass is 352 g/mol. The van der Waals surface area contributed by atoms with Crippen LogP contribution < -0.4 is 5.32 Å². The molecule has 23 heavy (non-hydrogen) atoms. The SMILES string of the molecule is CON(C)S(=O)(=O)c1ccc(NC(=O)/C=C/c2cccs2)cc1. The lowest BCUT2D eigenvalue weighted by molar-refractivity contribution is -0.111. The summed E-state index contributed by atoms with van der Waals surface area (Å²) in [6.45, 7) is 0. The molecule has 8 heteroatoms. The number of sulfonamides is 1. The summed E-state index contributed by atoms with van der Waals surface area (Å²) in [6.07, 6.45) is 3.14. The number of hydrogen-bond donors (Lipinski definition) is 1. The number of carbonyl (C=O) groups is 1. The highest BCUT2D eigenvalue weighted by Gasteiger charge is 2.20. The first-order valence-electron chi connectivity index (χ1n) is 6.59. The van der Waals surface area contributed by atoms with Gasteiger partial charge in [0.25, 0.3) is 10.0 Å². The molecule has 0 fully saturated rings. The van der Waals surface area contributed by atoms with Crippen LogP contribution in [0.5, 0.6) is 0 Å². The summed E-state index contributed by atoms with van der Waals surface area (Å²) < 4.78 is 24.8. The minimum atomic E-state index is -3.69. The minimum absolute atomic E-state index is 0.0778. The molecule has 0 saturated heterocycles. The van der Waals surface area contributed by atoms with Gasteiger partial charge < -0.3 is 5.32 Å². The van der Waals surface area contributed by atoms with Gasteiger partial charge in [-0.3, -0.25) is 9.63 Å². The van der Waals surface area contributed by atoms with Gasteiger partial charge in [-0.1, -0.05) is 10.5 Å². The lowest BCUT2D eigenvalue weighted by atomic mass is 10.3. The molecule has 122 valence electrons. The van der Waals surface area contributed by atoms with Crippen LogP contribution in [0.4, 0.5) is 5.69 Å². The van der Waals surface area contributed by atoms with Gasteiger partial charge in [-0.25, -0.2) is 8.42 Å². The first-order chi connectivity index (χ1) is 10.9. The summed E-state index contributed by atoms with van der Waals surface area (Å²) in [5, 5.41) is 4.59. The van der Waals surface area contributed by atoms with Gasteiger partial charge >= 0.3 is 0 Å². The molecule has 0 unspecified atom stereocenters. The van der Waals surface area contributed by atoms with Crippen LogP contribution in [0.2, 0.25) is 0 Å². The molecular formula is C15H16N2O4S2. The molecule has 0 aliphatic rings. The van der Waals surface area contributed by atoms with E-state index in [4.69, 9.17) is 4.84 Å². The Morgan fingerprint density at radius 1 is 1.26 bits per heavy atom. The number of hydrogen-bond acceptors (Lipinski definition) is 5. The van der Waals surface area contributed by atoms with Crippen molar-refractivity contribution in [1.29, 1.82) is 0 Å². The number of amides is 1. The molecule has 0 bridgehead atoms. The Morgan fingerprint density at radius 2 is 1.96 bits per heavy atom. The van der Waals surface area contributed by atoms with E-state index in [2.05, 4.69) is 5.32 Å². The summed E-state index contributed by atoms with van der Waals surface area (Å²) in [5.41, 5.74) is 0.504. The van der Waals surface area contributed by atoms with Gasteiger partial charge in [0, 0.05) is 23.7 Å². The Kier molecular flexibility index (Phi) is 5.67. The van der Waals surface area contributed by atoms with Crippen molar-refractivity contribution in [2.75, 3.05) is 19.5 Å². The molecule has 2 aromatic rings. The van der Waals surface area contributed by atoms with Crippen molar-refractivity contribution < 1.29 is 18.0 Å². The fraction of sp³-hybridized carbons (Fsp3) is 0.133. The lowest BCUT2D eigenvalue weighted by Crippen LogP contribution is -2.25. The first kappa shape index (κ1) is 17.4. The van der Waals surface area contributed by atoms with Gasteiger partial charge in [-0.05, 0) is 41.8 Å². The van der Waals surface area contributed by atoms with E-state index in [1.807, 2.05) is 17.5 Å². The van der Waals surface area contributed by atoms with Crippen molar-refractivity contribution in [1.82, 2.24) is 4.47 Å². The summed E-state index contributed by atoms with van der Waals surface area (Å²) in [6, 6.07) is 9.66. The fourth-order valence-electron chi connectivity index (χ4n) is 1.68. The zero-order valence-electron chi connectivity index (χ0n) is 12.6. The third kappa shape index (κ3) is 4.49. The van der Waals surface area contributed by atoms with Crippen LogP contribution in [0.3, 0.4) is 0 Å². The number of rotatable bonds is 6. The standard InChI is InChI=1S/C15H16N2O4S2/c1-17(21-2)23(19,20)14-8-5-12(6-9-14)16-15(18)10-7-13-4-3-11-22-13/h3-11H,1-2H3,(H,16,18)/b10-7+. The highest BCUT2D eigenvalue weighted by atomic mass is 32.2. The van der Waals surface area contributed by atoms with Crippen molar-refractivity contribution in [2.45, 2.75) is 4.90 Å². The third-order valence-corrected chi connectivity index (χ3v) is 5.49. The van der Waals surface area contributed by atoms with Crippen LogP contribution in [0.15, 0.2) is 52.7 Å². The Labute approximate surface area is 139 Å². The van der Waals surface area contributed by atoms with Crippen molar-refractivity contribution in [3.05, 3.63) is 52.7 Å². The Bertz CT molecular complexity index is 781. The molecule has 0 saturated carbocycles. The first-order valence-corrected chi connectivity index (χ1v) is 8.91. The number of thiophene rings is 1. The molecular weight excluding hydrogens is 336 g/mol. The van der Waals surface area contributed by atoms with E-state index in [1.165, 1.54) is 55.8 Å². The normalized spacial score (nSPS) is 12.0. The van der Waals surface area contributed by atoms with Gasteiger partial charge in [0.15, 0.2) is 0 Å². The molecule has 1 heterocycles. The molecule has 0 aliphatic heterocycles. The van der Waals surface area contributed by atoms with E-state index in [0.717, 1.165) is 9.35 Å². The van der Waals surface area contributed by atoms with Gasteiger partial charge in [0.1, 0.15) is 0 Å². The minimum Gasteiger partial charge on any atom is -0.323 e. The molecule has 0 radical (unpaired) electrons. The van der Waals surface area contributed by atoms with Crippen LogP contribution in [0.25, 0.3) is 6.08 Å². The van der Waals surface area contributed by atoms with E-state index in [9.17, 15) is 13.2 Å². The van der Waals surface area contributed by atoms with Crippen molar-refractivity contribution in [2.24, 2.45) is 0 Å². The molecule has 2 rings (SSSR count). The molecule has 1 N–H and O–H groups in total. The zero-order chi connectivity index (χ0) is 16.9. The van der Waals surface area contributed by atoms with E-state index >= 15 is 0 Å². The molecule has 0 aliphatic carbocycles. The Balaban J connectivity index is 2.04. The van der Waals surface area contributed by atoms with E-state index < -0.39 is 10.0 Å². The van der Waals surface area contributed by atoms with Crippen molar-refractivity contribution in [3.63, 3.8) is 0 Å². The van der Waals surface area contributed by atoms with Crippen LogP contribution in [-0.2, 0) is 19.7 Å². The fourth-order valence-corrected chi connectivity index (χ4v) is 3.28. The summed E-state index contributed by atoms with van der Waals surface area (Å²) in [5.74, 6) is -0.289. The lowest BCUT2D eigenvalue weighted by Gasteiger charge is -2.14. The van der Waals surface area contributed by atoms with E-state index in [-0.39, 0.29) is 10.8 Å². The Morgan fingerprint density at radius 3 is 2.52 bits per heavy atom. The second kappa shape index (κ2) is 7.51. The second-order valence-corrected chi connectivity index (χ2v) is 7.37. The van der Waals surface area contributed by atoms with E-state index in [0.29, 0.717) is 5.69 Å². The predicted molar refractivity (Wildman–Crippen MR) is 90.4 cm³/mol. The highest BCUT2D eigenvalue weighted by Crippen LogP contribution is 2.17. The number of carbonyl (C=O) groups excluding carboxylic acids is 1. The summed E-state index contributed by atoms with van der Waals surface area (Å²) in [4.78, 5) is 17.6. The third-order valence-electron chi connectivity index (χ3n) is 2.96. The maximum absolute atomic E-state index is 12.0. The van der Waals surface area contributed by atoms with Gasteiger partial charge in [-0.15, -0.1) is 11.3 Å². The molecule has 1 amide bonds. The van der Waals surface area contributed by atoms with Crippen LogP contribution >= 0.6 is 11.3 Å². The summed E-state index contributed by atoms with van der Waals surface area (Å²) in [7, 11) is -1.11. The maximum Gasteiger partial charge on any atom is 0.264 e. The topological polar surface area (TPSA) is 75.7 Å². The second-order valence-electron chi connectivity index (χ2n) is 4.46. The smallest absolute Gasteiger partial charge is 0.264 e. The van der Waals surface area contributed by atoms with Crippen LogP contribution in [0.1, 0.15) is 4.88 Å². The quantitative estimate of drug-likeness (QED) is 0.640. The molecule has 0 atom stereocenters. The van der Waals surface area contributed by atoms with Gasteiger partial charge in [-0.2, -0.15) is 0 Å². The largest absolute Gasteiger partial charge is 0.323 e. The average Bonchev–Trinajstić information content (AvgIpc) is 3.06. The molecule has 0 spiro atoms. The van der Waals surface area contributed by atoms with E-state index in [1.54, 1.807) is 6.08 Å². The maximum atomic E-state index is 12.0. The average molecular weight is 352 g/mol. The van der Waals surface area contributed by atoms with Gasteiger partial charge in [0.05, 0.1) is 12.0 Å². The molecule has 6 nitrogen and oxygen atoms in total. The molecule has 1 aromatic heterocycles. The number of anilines is 1. The van der Waals surface area contributed by atoms with Crippen LogP contribution in [0, 0.1) is 0 Å². The Hall–Kier alpha value is -2.00. The van der Waals surface area contributed by atoms with Crippen LogP contribution in [-0.4, -0.2) is 33.0 Å². The van der Waals surface area contributed by atoms with Gasteiger partial charge in [0.2, 0.25) is 5.91 Å². The number of nitrogens with zero attached hydrogens (tertiary/aromatic N) is 1. The number of hydroxylamine groups is 1. The molecule has 1 aromatic carbocycles. The predicted octanol–water partition coefficient (Wildman–Crippen LogP) is 2.58.